The van der Waals surface area contributed by atoms with Crippen molar-refractivity contribution < 1.29 is 14.6 Å². The first-order valence-electron chi connectivity index (χ1n) is 8.26. The summed E-state index contributed by atoms with van der Waals surface area (Å²) in [7, 11) is 1.72. The van der Waals surface area contributed by atoms with E-state index in [0.29, 0.717) is 18.5 Å². The van der Waals surface area contributed by atoms with Crippen LogP contribution in [0.2, 0.25) is 0 Å². The minimum absolute atomic E-state index is 0.0369. The molecule has 3 heterocycles. The molecule has 2 aliphatic rings. The lowest BCUT2D eigenvalue weighted by atomic mass is 9.79. The molecule has 128 valence electrons. The number of hydrogen-bond acceptors (Lipinski definition) is 5. The van der Waals surface area contributed by atoms with Gasteiger partial charge in [0.15, 0.2) is 0 Å². The van der Waals surface area contributed by atoms with Gasteiger partial charge in [-0.3, -0.25) is 9.89 Å². The molecule has 1 aliphatic heterocycles. The summed E-state index contributed by atoms with van der Waals surface area (Å²) in [5.74, 6) is -0.0369. The molecule has 2 N–H and O–H groups in total. The number of nitrogens with zero attached hydrogens (tertiary/aromatic N) is 2. The van der Waals surface area contributed by atoms with Crippen LogP contribution in [0.25, 0.3) is 10.6 Å². The van der Waals surface area contributed by atoms with Gasteiger partial charge in [0.25, 0.3) is 5.91 Å². The van der Waals surface area contributed by atoms with Crippen LogP contribution in [0.4, 0.5) is 0 Å². The van der Waals surface area contributed by atoms with E-state index in [2.05, 4.69) is 10.2 Å². The Morgan fingerprint density at radius 3 is 3.17 bits per heavy atom. The summed E-state index contributed by atoms with van der Waals surface area (Å²) in [6.07, 6.45) is 4.15. The number of thiophene rings is 1. The maximum absolute atomic E-state index is 13.2. The molecule has 1 amide bonds. The van der Waals surface area contributed by atoms with Crippen LogP contribution in [0.3, 0.4) is 0 Å². The molecule has 6 nitrogen and oxygen atoms in total. The minimum atomic E-state index is -0.368. The van der Waals surface area contributed by atoms with E-state index in [1.54, 1.807) is 24.6 Å². The van der Waals surface area contributed by atoms with Gasteiger partial charge in [-0.1, -0.05) is 6.07 Å². The van der Waals surface area contributed by atoms with Gasteiger partial charge in [-0.2, -0.15) is 5.10 Å². The number of likely N-dealkylation sites (tertiary alicyclic amines) is 1. The summed E-state index contributed by atoms with van der Waals surface area (Å²) in [5.41, 5.74) is 1.03. The highest BCUT2D eigenvalue weighted by molar-refractivity contribution is 7.13. The number of rotatable bonds is 3. The van der Waals surface area contributed by atoms with Crippen molar-refractivity contribution in [1.29, 1.82) is 0 Å². The summed E-state index contributed by atoms with van der Waals surface area (Å²) in [6, 6.07) is 3.85. The average Bonchev–Trinajstić information content (AvgIpc) is 3.32. The molecule has 1 saturated heterocycles. The van der Waals surface area contributed by atoms with E-state index in [9.17, 15) is 9.90 Å². The van der Waals surface area contributed by atoms with E-state index < -0.39 is 0 Å². The molecule has 1 aliphatic carbocycles. The molecular formula is C17H21N3O3S. The number of carbonyl (C=O) groups excluding carboxylic acids is 1. The van der Waals surface area contributed by atoms with E-state index in [-0.39, 0.29) is 23.7 Å². The Bertz CT molecular complexity index is 729. The van der Waals surface area contributed by atoms with E-state index in [0.717, 1.165) is 29.8 Å². The van der Waals surface area contributed by atoms with Crippen LogP contribution in [0, 0.1) is 0 Å². The number of methoxy groups -OCH3 is 1. The average molecular weight is 347 g/mol. The number of aliphatic hydroxyl groups excluding tert-OH is 1. The second-order valence-electron chi connectivity index (χ2n) is 6.60. The van der Waals surface area contributed by atoms with Gasteiger partial charge >= 0.3 is 0 Å². The number of aromatic amines is 1. The number of aliphatic hydroxyl groups is 1. The molecule has 2 aromatic heterocycles. The van der Waals surface area contributed by atoms with Gasteiger partial charge in [-0.15, -0.1) is 11.3 Å². The first-order valence-corrected chi connectivity index (χ1v) is 9.14. The zero-order valence-electron chi connectivity index (χ0n) is 13.6. The molecule has 0 aromatic carbocycles. The van der Waals surface area contributed by atoms with Crippen molar-refractivity contribution in [1.82, 2.24) is 15.1 Å². The smallest absolute Gasteiger partial charge is 0.258 e. The Hall–Kier alpha value is -1.70. The van der Waals surface area contributed by atoms with E-state index in [1.807, 2.05) is 22.4 Å². The van der Waals surface area contributed by atoms with E-state index >= 15 is 0 Å². The quantitative estimate of drug-likeness (QED) is 0.893. The third kappa shape index (κ3) is 2.39. The number of H-pyrrole nitrogens is 1. The number of aromatic nitrogens is 2. The Kier molecular flexibility index (Phi) is 3.94. The van der Waals surface area contributed by atoms with Crippen molar-refractivity contribution in [2.45, 2.75) is 43.4 Å². The van der Waals surface area contributed by atoms with Crippen molar-refractivity contribution in [2.24, 2.45) is 0 Å². The van der Waals surface area contributed by atoms with Crippen LogP contribution in [0.15, 0.2) is 23.7 Å². The number of ether oxygens (including phenoxy) is 1. The second-order valence-corrected chi connectivity index (χ2v) is 7.55. The van der Waals surface area contributed by atoms with Crippen molar-refractivity contribution >= 4 is 17.2 Å². The summed E-state index contributed by atoms with van der Waals surface area (Å²) in [6.45, 7) is 0.652. The molecule has 0 radical (unpaired) electrons. The third-order valence-corrected chi connectivity index (χ3v) is 6.35. The van der Waals surface area contributed by atoms with Gasteiger partial charge in [-0.25, -0.2) is 0 Å². The fourth-order valence-electron chi connectivity index (χ4n) is 4.13. The largest absolute Gasteiger partial charge is 0.393 e. The lowest BCUT2D eigenvalue weighted by Gasteiger charge is -2.42. The molecule has 0 spiro atoms. The first kappa shape index (κ1) is 15.8. The number of carbonyl (C=O) groups is 1. The van der Waals surface area contributed by atoms with Crippen LogP contribution in [0.1, 0.15) is 36.0 Å². The third-order valence-electron chi connectivity index (χ3n) is 5.46. The lowest BCUT2D eigenvalue weighted by molar-refractivity contribution is -0.0824. The number of amides is 1. The minimum Gasteiger partial charge on any atom is -0.393 e. The zero-order chi connectivity index (χ0) is 16.7. The summed E-state index contributed by atoms with van der Waals surface area (Å²) in [4.78, 5) is 16.0. The standard InChI is InChI=1S/C17H21N3O3S/c1-23-17-5-4-11(21)9-14(17)20(7-6-17)16(22)12-10-18-19-15(12)13-3-2-8-24-13/h2-3,8,10-11,14,21H,4-7,9H2,1H3,(H,18,19)/t11-,14-,17+/m0/s1. The molecule has 1 saturated carbocycles. The van der Waals surface area contributed by atoms with Crippen molar-refractivity contribution in [3.63, 3.8) is 0 Å². The molecule has 3 atom stereocenters. The Labute approximate surface area is 144 Å². The molecule has 4 rings (SSSR count). The normalized spacial score (nSPS) is 29.7. The number of hydrogen-bond donors (Lipinski definition) is 2. The molecule has 24 heavy (non-hydrogen) atoms. The summed E-state index contributed by atoms with van der Waals surface area (Å²) in [5, 5.41) is 19.1. The van der Waals surface area contributed by atoms with Gasteiger partial charge in [0, 0.05) is 13.7 Å². The molecule has 2 fully saturated rings. The van der Waals surface area contributed by atoms with Crippen molar-refractivity contribution in [3.05, 3.63) is 29.3 Å². The van der Waals surface area contributed by atoms with Gasteiger partial charge in [0.1, 0.15) is 0 Å². The predicted molar refractivity (Wildman–Crippen MR) is 90.9 cm³/mol. The number of fused-ring (bicyclic) bond motifs is 1. The fourth-order valence-corrected chi connectivity index (χ4v) is 4.87. The topological polar surface area (TPSA) is 78.5 Å². The van der Waals surface area contributed by atoms with Crippen LogP contribution in [0.5, 0.6) is 0 Å². The molecule has 7 heteroatoms. The monoisotopic (exact) mass is 347 g/mol. The van der Waals surface area contributed by atoms with Crippen LogP contribution in [-0.4, -0.2) is 57.5 Å². The maximum Gasteiger partial charge on any atom is 0.258 e. The Morgan fingerprint density at radius 1 is 1.54 bits per heavy atom. The highest BCUT2D eigenvalue weighted by atomic mass is 32.1. The van der Waals surface area contributed by atoms with Gasteiger partial charge in [0.2, 0.25) is 0 Å². The molecule has 0 unspecified atom stereocenters. The SMILES string of the molecule is CO[C@@]12CC[C@H](O)C[C@@H]1N(C(=O)c1cn[nH]c1-c1cccs1)CC2. The highest BCUT2D eigenvalue weighted by Crippen LogP contribution is 2.43. The van der Waals surface area contributed by atoms with E-state index in [4.69, 9.17) is 4.74 Å². The van der Waals surface area contributed by atoms with Gasteiger partial charge in [-0.05, 0) is 37.1 Å². The molecule has 0 bridgehead atoms. The van der Waals surface area contributed by atoms with Crippen LogP contribution >= 0.6 is 11.3 Å². The van der Waals surface area contributed by atoms with Crippen LogP contribution < -0.4 is 0 Å². The van der Waals surface area contributed by atoms with E-state index in [1.165, 1.54) is 0 Å². The predicted octanol–water partition coefficient (Wildman–Crippen LogP) is 2.28. The fraction of sp³-hybridized carbons (Fsp3) is 0.529. The first-order chi connectivity index (χ1) is 11.6. The number of nitrogens with one attached hydrogen (secondary N) is 1. The lowest BCUT2D eigenvalue weighted by Crippen LogP contribution is -2.52. The summed E-state index contributed by atoms with van der Waals surface area (Å²) < 4.78 is 5.82. The zero-order valence-corrected chi connectivity index (χ0v) is 14.4. The van der Waals surface area contributed by atoms with Crippen molar-refractivity contribution in [3.8, 4) is 10.6 Å². The van der Waals surface area contributed by atoms with Crippen molar-refractivity contribution in [2.75, 3.05) is 13.7 Å². The molecule has 2 aromatic rings. The van der Waals surface area contributed by atoms with Crippen LogP contribution in [-0.2, 0) is 4.74 Å². The maximum atomic E-state index is 13.2. The molecular weight excluding hydrogens is 326 g/mol. The highest BCUT2D eigenvalue weighted by Gasteiger charge is 2.52. The Balaban J connectivity index is 1.65. The Morgan fingerprint density at radius 2 is 2.42 bits per heavy atom. The summed E-state index contributed by atoms with van der Waals surface area (Å²) >= 11 is 1.57. The second kappa shape index (κ2) is 5.98. The van der Waals surface area contributed by atoms with Gasteiger partial charge in [0.05, 0.1) is 40.1 Å². The van der Waals surface area contributed by atoms with Gasteiger partial charge < -0.3 is 14.7 Å².